The molecular weight excluding hydrogens is 464 g/mol. The fraction of sp³-hybridized carbons (Fsp3) is 0.560. The van der Waals surface area contributed by atoms with Crippen LogP contribution in [0, 0.1) is 0 Å². The lowest BCUT2D eigenvalue weighted by Crippen LogP contribution is -2.31. The molecular formula is C25H38N6O3S. The Bertz CT molecular complexity index is 1070. The molecule has 1 aromatic carbocycles. The van der Waals surface area contributed by atoms with E-state index in [2.05, 4.69) is 32.8 Å². The van der Waals surface area contributed by atoms with Gasteiger partial charge in [-0.3, -0.25) is 4.79 Å². The van der Waals surface area contributed by atoms with Crippen LogP contribution in [0.5, 0.6) is 0 Å². The maximum atomic E-state index is 13.1. The molecule has 1 amide bonds. The van der Waals surface area contributed by atoms with Gasteiger partial charge in [0.25, 0.3) is 5.91 Å². The first-order chi connectivity index (χ1) is 16.9. The second-order valence-corrected chi connectivity index (χ2v) is 10.8. The number of sulfonamides is 1. The predicted molar refractivity (Wildman–Crippen MR) is 140 cm³/mol. The number of carbonyl (C=O) groups excluding carboxylic acids is 1. The molecule has 0 aliphatic heterocycles. The third kappa shape index (κ3) is 7.14. The first kappa shape index (κ1) is 26.9. The summed E-state index contributed by atoms with van der Waals surface area (Å²) in [6.07, 6.45) is 8.78. The summed E-state index contributed by atoms with van der Waals surface area (Å²) in [6.45, 7) is 7.55. The molecule has 3 rings (SSSR count). The fourth-order valence-corrected chi connectivity index (χ4v) is 5.68. The Hall–Kier alpha value is -2.72. The van der Waals surface area contributed by atoms with Gasteiger partial charge in [-0.1, -0.05) is 40.0 Å². The Morgan fingerprint density at radius 1 is 1.09 bits per heavy atom. The van der Waals surface area contributed by atoms with E-state index < -0.39 is 10.0 Å². The lowest BCUT2D eigenvalue weighted by Gasteiger charge is -2.20. The Morgan fingerprint density at radius 3 is 2.43 bits per heavy atom. The van der Waals surface area contributed by atoms with Gasteiger partial charge in [0.05, 0.1) is 4.90 Å². The van der Waals surface area contributed by atoms with Crippen molar-refractivity contribution in [2.75, 3.05) is 35.6 Å². The van der Waals surface area contributed by atoms with Crippen LogP contribution in [0.2, 0.25) is 0 Å². The molecule has 0 unspecified atom stereocenters. The van der Waals surface area contributed by atoms with Crippen molar-refractivity contribution < 1.29 is 13.2 Å². The standard InChI is InChI=1S/C25H38N6O3S/c1-4-7-16-26-25-27-18-22(23(30-25)28-19-10-8-9-11-19)24(32)29-20-12-14-21(15-13-20)35(33,34)31(6-3)17-5-2/h12-15,18-19H,4-11,16-17H2,1-3H3,(H,29,32)(H2,26,27,28,30). The molecule has 192 valence electrons. The van der Waals surface area contributed by atoms with Crippen LogP contribution in [-0.4, -0.2) is 54.3 Å². The van der Waals surface area contributed by atoms with Crippen molar-refractivity contribution in [2.24, 2.45) is 0 Å². The molecule has 0 bridgehead atoms. The highest BCUT2D eigenvalue weighted by atomic mass is 32.2. The number of nitrogens with zero attached hydrogens (tertiary/aromatic N) is 3. The van der Waals surface area contributed by atoms with Gasteiger partial charge in [0.1, 0.15) is 11.4 Å². The number of amides is 1. The summed E-state index contributed by atoms with van der Waals surface area (Å²) >= 11 is 0. The Morgan fingerprint density at radius 2 is 1.80 bits per heavy atom. The summed E-state index contributed by atoms with van der Waals surface area (Å²) in [7, 11) is -3.56. The molecule has 10 heteroatoms. The Labute approximate surface area is 209 Å². The van der Waals surface area contributed by atoms with Crippen molar-refractivity contribution in [2.45, 2.75) is 76.7 Å². The largest absolute Gasteiger partial charge is 0.367 e. The van der Waals surface area contributed by atoms with E-state index in [0.717, 1.165) is 51.5 Å². The second-order valence-electron chi connectivity index (χ2n) is 8.84. The van der Waals surface area contributed by atoms with Crippen molar-refractivity contribution >= 4 is 33.4 Å². The third-order valence-corrected chi connectivity index (χ3v) is 8.11. The van der Waals surface area contributed by atoms with Gasteiger partial charge in [-0.2, -0.15) is 9.29 Å². The van der Waals surface area contributed by atoms with Crippen LogP contribution in [0.25, 0.3) is 0 Å². The molecule has 2 aromatic rings. The smallest absolute Gasteiger partial charge is 0.260 e. The zero-order valence-corrected chi connectivity index (χ0v) is 21.8. The summed E-state index contributed by atoms with van der Waals surface area (Å²) in [5.74, 6) is 0.667. The summed E-state index contributed by atoms with van der Waals surface area (Å²) in [5, 5.41) is 9.50. The van der Waals surface area contributed by atoms with Gasteiger partial charge >= 0.3 is 0 Å². The van der Waals surface area contributed by atoms with E-state index >= 15 is 0 Å². The van der Waals surface area contributed by atoms with E-state index in [-0.39, 0.29) is 16.8 Å². The van der Waals surface area contributed by atoms with Crippen molar-refractivity contribution in [3.8, 4) is 0 Å². The molecule has 0 saturated heterocycles. The van der Waals surface area contributed by atoms with Gasteiger partial charge in [-0.25, -0.2) is 13.4 Å². The van der Waals surface area contributed by atoms with E-state index in [0.29, 0.717) is 36.1 Å². The van der Waals surface area contributed by atoms with Crippen molar-refractivity contribution in [1.29, 1.82) is 0 Å². The number of hydrogen-bond acceptors (Lipinski definition) is 7. The predicted octanol–water partition coefficient (Wildman–Crippen LogP) is 4.72. The minimum absolute atomic E-state index is 0.209. The lowest BCUT2D eigenvalue weighted by molar-refractivity contribution is 0.102. The van der Waals surface area contributed by atoms with Gasteiger partial charge in [-0.15, -0.1) is 0 Å². The number of nitrogens with one attached hydrogen (secondary N) is 3. The quantitative estimate of drug-likeness (QED) is 0.340. The van der Waals surface area contributed by atoms with E-state index in [9.17, 15) is 13.2 Å². The van der Waals surface area contributed by atoms with Crippen molar-refractivity contribution in [3.63, 3.8) is 0 Å². The van der Waals surface area contributed by atoms with Crippen LogP contribution in [0.4, 0.5) is 17.5 Å². The molecule has 1 saturated carbocycles. The van der Waals surface area contributed by atoms with Gasteiger partial charge in [0.15, 0.2) is 0 Å². The van der Waals surface area contributed by atoms with Gasteiger partial charge in [0.2, 0.25) is 16.0 Å². The molecule has 1 aromatic heterocycles. The topological polar surface area (TPSA) is 116 Å². The summed E-state index contributed by atoms with van der Waals surface area (Å²) in [4.78, 5) is 22.3. The molecule has 1 fully saturated rings. The molecule has 0 spiro atoms. The zero-order chi connectivity index (χ0) is 25.3. The Balaban J connectivity index is 1.76. The number of anilines is 3. The van der Waals surface area contributed by atoms with Crippen molar-refractivity contribution in [1.82, 2.24) is 14.3 Å². The van der Waals surface area contributed by atoms with Gasteiger partial charge in [0, 0.05) is 37.6 Å². The minimum Gasteiger partial charge on any atom is -0.367 e. The average molecular weight is 503 g/mol. The molecule has 1 aliphatic rings. The second kappa shape index (κ2) is 12.8. The number of hydrogen-bond donors (Lipinski definition) is 3. The van der Waals surface area contributed by atoms with Gasteiger partial charge < -0.3 is 16.0 Å². The maximum Gasteiger partial charge on any atom is 0.260 e. The molecule has 0 atom stereocenters. The monoisotopic (exact) mass is 502 g/mol. The summed E-state index contributed by atoms with van der Waals surface area (Å²) in [5.41, 5.74) is 0.860. The highest BCUT2D eigenvalue weighted by molar-refractivity contribution is 7.89. The average Bonchev–Trinajstić information content (AvgIpc) is 3.36. The Kier molecular flexibility index (Phi) is 9.85. The molecule has 1 aliphatic carbocycles. The molecule has 9 nitrogen and oxygen atoms in total. The first-order valence-corrected chi connectivity index (χ1v) is 14.1. The van der Waals surface area contributed by atoms with E-state index in [1.807, 2.05) is 13.8 Å². The number of unbranched alkanes of at least 4 members (excludes halogenated alkanes) is 1. The van der Waals surface area contributed by atoms with Crippen LogP contribution < -0.4 is 16.0 Å². The van der Waals surface area contributed by atoms with Crippen LogP contribution >= 0.6 is 0 Å². The van der Waals surface area contributed by atoms with Crippen LogP contribution in [0.3, 0.4) is 0 Å². The molecule has 35 heavy (non-hydrogen) atoms. The number of aromatic nitrogens is 2. The summed E-state index contributed by atoms with van der Waals surface area (Å²) < 4.78 is 27.2. The van der Waals surface area contributed by atoms with Crippen LogP contribution in [0.1, 0.15) is 76.1 Å². The van der Waals surface area contributed by atoms with Crippen LogP contribution in [0.15, 0.2) is 35.4 Å². The molecule has 1 heterocycles. The maximum absolute atomic E-state index is 13.1. The van der Waals surface area contributed by atoms with Gasteiger partial charge in [-0.05, 0) is 49.9 Å². The van der Waals surface area contributed by atoms with E-state index in [1.165, 1.54) is 22.6 Å². The third-order valence-electron chi connectivity index (χ3n) is 6.12. The highest BCUT2D eigenvalue weighted by Gasteiger charge is 2.23. The van der Waals surface area contributed by atoms with E-state index in [4.69, 9.17) is 0 Å². The number of rotatable bonds is 13. The fourth-order valence-electron chi connectivity index (χ4n) is 4.14. The SMILES string of the molecule is CCCCNc1ncc(C(=O)Nc2ccc(S(=O)(=O)N(CC)CCC)cc2)c(NC2CCCC2)n1. The lowest BCUT2D eigenvalue weighted by atomic mass is 10.2. The molecule has 0 radical (unpaired) electrons. The normalized spacial score (nSPS) is 14.3. The molecule has 3 N–H and O–H groups in total. The summed E-state index contributed by atoms with van der Waals surface area (Å²) in [6, 6.07) is 6.55. The zero-order valence-electron chi connectivity index (χ0n) is 21.0. The van der Waals surface area contributed by atoms with Crippen molar-refractivity contribution in [3.05, 3.63) is 36.0 Å². The first-order valence-electron chi connectivity index (χ1n) is 12.7. The highest BCUT2D eigenvalue weighted by Crippen LogP contribution is 2.25. The minimum atomic E-state index is -3.56. The number of benzene rings is 1. The van der Waals surface area contributed by atoms with Crippen LogP contribution in [-0.2, 0) is 10.0 Å². The number of carbonyl (C=O) groups is 1. The van der Waals surface area contributed by atoms with E-state index in [1.54, 1.807) is 12.1 Å².